The van der Waals surface area contributed by atoms with E-state index in [1.165, 1.54) is 29.2 Å². The zero-order valence-corrected chi connectivity index (χ0v) is 12.3. The average Bonchev–Trinajstić information content (AvgIpc) is 2.58. The predicted molar refractivity (Wildman–Crippen MR) is 80.7 cm³/mol. The first kappa shape index (κ1) is 16.3. The summed E-state index contributed by atoms with van der Waals surface area (Å²) >= 11 is 0. The van der Waals surface area contributed by atoms with E-state index < -0.39 is 5.82 Å². The van der Waals surface area contributed by atoms with E-state index >= 15 is 0 Å². The lowest BCUT2D eigenvalue weighted by Crippen LogP contribution is -2.28. The van der Waals surface area contributed by atoms with Crippen molar-refractivity contribution in [2.45, 2.75) is 6.92 Å². The monoisotopic (exact) mass is 315 g/mol. The van der Waals surface area contributed by atoms with Crippen molar-refractivity contribution in [2.75, 3.05) is 6.54 Å². The van der Waals surface area contributed by atoms with E-state index in [9.17, 15) is 4.39 Å². The normalized spacial score (nSPS) is 10.7. The summed E-state index contributed by atoms with van der Waals surface area (Å²) in [6.45, 7) is 2.09. The second-order valence-electron chi connectivity index (χ2n) is 4.26. The molecule has 0 amide bonds. The minimum atomic E-state index is -0.397. The van der Waals surface area contributed by atoms with E-state index in [1.54, 1.807) is 31.2 Å². The van der Waals surface area contributed by atoms with Crippen molar-refractivity contribution >= 4 is 11.7 Å². The van der Waals surface area contributed by atoms with Gasteiger partial charge in [-0.3, -0.25) is 9.78 Å². The third kappa shape index (κ3) is 4.98. The fourth-order valence-corrected chi connectivity index (χ4v) is 1.56. The summed E-state index contributed by atoms with van der Waals surface area (Å²) in [7, 11) is 0. The maximum atomic E-state index is 12.8. The number of hydrogen-bond donors (Lipinski definition) is 0. The Morgan fingerprint density at radius 1 is 1.17 bits per heavy atom. The van der Waals surface area contributed by atoms with Crippen LogP contribution in [0.1, 0.15) is 6.92 Å². The minimum Gasteiger partial charge on any atom is -0.299 e. The maximum absolute atomic E-state index is 12.8. The summed E-state index contributed by atoms with van der Waals surface area (Å²) in [5.41, 5.74) is 0.585. The number of rotatable bonds is 5. The molecule has 0 atom stereocenters. The highest BCUT2D eigenvalue weighted by Gasteiger charge is 2.13. The second kappa shape index (κ2) is 8.36. The van der Waals surface area contributed by atoms with Crippen LogP contribution < -0.4 is 4.89 Å². The van der Waals surface area contributed by atoms with Crippen molar-refractivity contribution in [3.05, 3.63) is 60.4 Å². The second-order valence-corrected chi connectivity index (χ2v) is 4.26. The molecule has 0 aromatic heterocycles. The fraction of sp³-hybridized carbons (Fsp3) is 0.125. The van der Waals surface area contributed by atoms with Crippen molar-refractivity contribution in [2.24, 2.45) is 4.99 Å². The summed E-state index contributed by atoms with van der Waals surface area (Å²) in [4.78, 5) is 15.2. The van der Waals surface area contributed by atoms with Gasteiger partial charge in [0.2, 0.25) is 0 Å². The van der Waals surface area contributed by atoms with E-state index in [2.05, 4.69) is 10.0 Å². The highest BCUT2D eigenvalue weighted by atomic mass is 19.1. The number of halogens is 1. The van der Waals surface area contributed by atoms with E-state index in [4.69, 9.17) is 15.0 Å². The Bertz CT molecular complexity index is 684. The van der Waals surface area contributed by atoms with Gasteiger partial charge in [-0.25, -0.2) is 9.29 Å². The number of hydrogen-bond acceptors (Lipinski definition) is 5. The van der Waals surface area contributed by atoms with Crippen LogP contribution in [0.15, 0.2) is 59.6 Å². The van der Waals surface area contributed by atoms with E-state index in [1.807, 2.05) is 12.3 Å². The Balaban J connectivity index is 2.04. The predicted octanol–water partition coefficient (Wildman–Crippen LogP) is 3.56. The van der Waals surface area contributed by atoms with Gasteiger partial charge in [0, 0.05) is 11.6 Å². The number of amidine groups is 1. The molecule has 0 aliphatic carbocycles. The number of nitrogens with zero attached hydrogens (tertiary/aromatic N) is 3. The molecular weight excluding hydrogens is 301 g/mol. The van der Waals surface area contributed by atoms with Crippen LogP contribution in [-0.2, 0) is 9.93 Å². The zero-order chi connectivity index (χ0) is 16.5. The summed E-state index contributed by atoms with van der Waals surface area (Å²) in [6.07, 6.45) is 1.92. The number of benzene rings is 2. The molecule has 0 N–H and O–H groups in total. The molecule has 0 spiro atoms. The van der Waals surface area contributed by atoms with Gasteiger partial charge in [-0.05, 0) is 43.3 Å². The molecule has 0 fully saturated rings. The van der Waals surface area contributed by atoms with Crippen molar-refractivity contribution < 1.29 is 19.2 Å². The minimum absolute atomic E-state index is 0.0803. The fourth-order valence-electron chi connectivity index (χ4n) is 1.56. The van der Waals surface area contributed by atoms with Gasteiger partial charge >= 0.3 is 6.02 Å². The molecule has 0 bridgehead atoms. The molecule has 2 aromatic carbocycles. The molecule has 0 unspecified atom stereocenters. The highest BCUT2D eigenvalue weighted by molar-refractivity contribution is 5.78. The Morgan fingerprint density at radius 3 is 2.48 bits per heavy atom. The van der Waals surface area contributed by atoms with Gasteiger partial charge in [-0.2, -0.15) is 10.3 Å². The van der Waals surface area contributed by atoms with E-state index in [0.717, 1.165) is 0 Å². The summed E-state index contributed by atoms with van der Waals surface area (Å²) in [6, 6.07) is 14.0. The van der Waals surface area contributed by atoms with Crippen molar-refractivity contribution in [1.82, 2.24) is 4.90 Å². The van der Waals surface area contributed by atoms with E-state index in [0.29, 0.717) is 12.2 Å². The summed E-state index contributed by atoms with van der Waals surface area (Å²) < 4.78 is 12.8. The quantitative estimate of drug-likeness (QED) is 0.211. The molecule has 23 heavy (non-hydrogen) atoms. The average molecular weight is 315 g/mol. The van der Waals surface area contributed by atoms with Gasteiger partial charge < -0.3 is 0 Å². The van der Waals surface area contributed by atoms with Gasteiger partial charge in [-0.15, -0.1) is 0 Å². The molecule has 0 saturated carbocycles. The van der Waals surface area contributed by atoms with Crippen LogP contribution >= 0.6 is 0 Å². The van der Waals surface area contributed by atoms with Crippen LogP contribution in [0.3, 0.4) is 0 Å². The molecule has 118 valence electrons. The van der Waals surface area contributed by atoms with Crippen LogP contribution in [-0.4, -0.2) is 17.5 Å². The Kier molecular flexibility index (Phi) is 5.91. The summed E-state index contributed by atoms with van der Waals surface area (Å²) in [5, 5.41) is 13.7. The SMILES string of the molecule is CCN(C#N)C(=Nc1ccccc1)OOOc1ccc(F)cc1. The van der Waals surface area contributed by atoms with Crippen molar-refractivity contribution in [3.63, 3.8) is 0 Å². The molecule has 6 nitrogen and oxygen atoms in total. The first-order valence-electron chi connectivity index (χ1n) is 6.80. The van der Waals surface area contributed by atoms with E-state index in [-0.39, 0.29) is 11.8 Å². The van der Waals surface area contributed by atoms with Crippen LogP contribution in [0, 0.1) is 17.3 Å². The van der Waals surface area contributed by atoms with Crippen LogP contribution in [0.25, 0.3) is 0 Å². The number of aliphatic imine (C=N–C) groups is 1. The maximum Gasteiger partial charge on any atom is 0.347 e. The Labute approximate surface area is 132 Å². The van der Waals surface area contributed by atoms with Gasteiger partial charge in [0.05, 0.1) is 5.69 Å². The molecule has 2 rings (SSSR count). The summed E-state index contributed by atoms with van der Waals surface area (Å²) in [5.74, 6) is -0.156. The molecule has 0 aliphatic heterocycles. The molecule has 0 saturated heterocycles. The number of nitriles is 1. The Morgan fingerprint density at radius 2 is 1.87 bits per heavy atom. The van der Waals surface area contributed by atoms with Gasteiger partial charge in [0.25, 0.3) is 0 Å². The molecule has 0 aliphatic rings. The van der Waals surface area contributed by atoms with Gasteiger partial charge in [0.1, 0.15) is 5.82 Å². The molecule has 0 radical (unpaired) electrons. The van der Waals surface area contributed by atoms with Crippen molar-refractivity contribution in [1.29, 1.82) is 5.26 Å². The molecule has 2 aromatic rings. The van der Waals surface area contributed by atoms with Crippen LogP contribution in [0.4, 0.5) is 10.1 Å². The molecule has 7 heteroatoms. The first-order chi connectivity index (χ1) is 11.2. The lowest BCUT2D eigenvalue weighted by atomic mass is 10.3. The lowest BCUT2D eigenvalue weighted by Gasteiger charge is -2.13. The van der Waals surface area contributed by atoms with Crippen LogP contribution in [0.2, 0.25) is 0 Å². The van der Waals surface area contributed by atoms with Gasteiger partial charge in [-0.1, -0.05) is 18.2 Å². The molecular formula is C16H14FN3O3. The smallest absolute Gasteiger partial charge is 0.299 e. The molecule has 0 heterocycles. The van der Waals surface area contributed by atoms with Gasteiger partial charge in [0.15, 0.2) is 11.9 Å². The lowest BCUT2D eigenvalue weighted by molar-refractivity contribution is -0.426. The first-order valence-corrected chi connectivity index (χ1v) is 6.80. The zero-order valence-electron chi connectivity index (χ0n) is 12.3. The van der Waals surface area contributed by atoms with Crippen LogP contribution in [0.5, 0.6) is 5.75 Å². The standard InChI is InChI=1S/C16H14FN3O3/c1-2-20(12-18)16(19-14-6-4-3-5-7-14)22-23-21-15-10-8-13(17)9-11-15/h3-11H,2H2,1H3. The topological polar surface area (TPSA) is 67.1 Å². The van der Waals surface area contributed by atoms with Crippen molar-refractivity contribution in [3.8, 4) is 11.9 Å². The largest absolute Gasteiger partial charge is 0.347 e. The number of para-hydroxylation sites is 1. The Hall–Kier alpha value is -3.11. The highest BCUT2D eigenvalue weighted by Crippen LogP contribution is 2.14. The third-order valence-corrected chi connectivity index (χ3v) is 2.70. The third-order valence-electron chi connectivity index (χ3n) is 2.70.